The highest BCUT2D eigenvalue weighted by molar-refractivity contribution is 7.23. The molecule has 0 aromatic heterocycles. The Bertz CT molecular complexity index is 3250. The Morgan fingerprint density at radius 2 is 0.710 bits per heavy atom. The van der Waals surface area contributed by atoms with Gasteiger partial charge < -0.3 is 9.80 Å². The molecule has 0 saturated heterocycles. The van der Waals surface area contributed by atoms with Gasteiger partial charge in [0.1, 0.15) is 0 Å². The minimum absolute atomic E-state index is 0.0461. The zero-order chi connectivity index (χ0) is 45.1. The Balaban J connectivity index is 1.06. The van der Waals surface area contributed by atoms with Gasteiger partial charge in [0.25, 0.3) is 6.71 Å². The predicted molar refractivity (Wildman–Crippen MR) is 295 cm³/mol. The Labute approximate surface area is 408 Å². The van der Waals surface area contributed by atoms with Gasteiger partial charge in [-0.3, -0.25) is 0 Å². The van der Waals surface area contributed by atoms with Crippen molar-refractivity contribution in [1.82, 2.24) is 0 Å². The Kier molecular flexibility index (Phi) is 7.96. The highest BCUT2D eigenvalue weighted by Crippen LogP contribution is 2.62. The zero-order valence-corrected chi connectivity index (χ0v) is 40.7. The second kappa shape index (κ2) is 14.1. The third-order valence-corrected chi connectivity index (χ3v) is 28.2. The molecule has 4 aliphatic carbocycles. The van der Waals surface area contributed by atoms with Crippen LogP contribution in [0, 0.1) is 17.8 Å². The van der Waals surface area contributed by atoms with Gasteiger partial charge in [0, 0.05) is 34.1 Å². The molecule has 4 bridgehead atoms. The molecular formula is C64H51BN2Si2. The number of nitrogens with zero attached hydrogens (tertiary/aromatic N) is 2. The monoisotopic (exact) mass is 914 g/mol. The van der Waals surface area contributed by atoms with Gasteiger partial charge in [0.2, 0.25) is 0 Å². The van der Waals surface area contributed by atoms with Crippen LogP contribution in [0.2, 0.25) is 0 Å². The zero-order valence-electron chi connectivity index (χ0n) is 38.7. The van der Waals surface area contributed by atoms with Gasteiger partial charge in [-0.1, -0.05) is 194 Å². The van der Waals surface area contributed by atoms with Gasteiger partial charge in [0.05, 0.1) is 0 Å². The third-order valence-electron chi connectivity index (χ3n) is 18.5. The molecule has 4 fully saturated rings. The van der Waals surface area contributed by atoms with Crippen molar-refractivity contribution >= 4 is 115 Å². The van der Waals surface area contributed by atoms with E-state index in [1.807, 2.05) is 0 Å². The van der Waals surface area contributed by atoms with Crippen LogP contribution in [0.25, 0.3) is 0 Å². The van der Waals surface area contributed by atoms with Crippen molar-refractivity contribution in [2.45, 2.75) is 43.9 Å². The SMILES string of the molecule is c1ccc([Si]2(c3ccccc3)c3ccccc3N3c4cc(C56CC7CC(CC(C7)C5)C6)cc5c4B(c4cccc2c43)c2cccc3c2N5c2ccccc2[Si]3(c2ccccc2)c2ccccc2)cc1. The van der Waals surface area contributed by atoms with Crippen LogP contribution in [0.15, 0.2) is 218 Å². The number of rotatable bonds is 5. The van der Waals surface area contributed by atoms with Gasteiger partial charge >= 0.3 is 0 Å². The van der Waals surface area contributed by atoms with Gasteiger partial charge in [-0.2, -0.15) is 0 Å². The van der Waals surface area contributed by atoms with E-state index in [1.165, 1.54) is 131 Å². The lowest BCUT2D eigenvalue weighted by atomic mass is 9.33. The normalized spacial score (nSPS) is 22.8. The average molecular weight is 915 g/mol. The fourth-order valence-electron chi connectivity index (χ4n) is 16.6. The van der Waals surface area contributed by atoms with Crippen molar-refractivity contribution in [3.8, 4) is 0 Å². The summed E-state index contributed by atoms with van der Waals surface area (Å²) in [6, 6.07) is 86.1. The van der Waals surface area contributed by atoms with E-state index in [2.05, 4.69) is 228 Å². The lowest BCUT2D eigenvalue weighted by molar-refractivity contribution is -0.00514. The maximum Gasteiger partial charge on any atom is 0.252 e. The van der Waals surface area contributed by atoms with Gasteiger partial charge in [-0.05, 0) is 149 Å². The highest BCUT2D eigenvalue weighted by Gasteiger charge is 2.58. The average Bonchev–Trinajstić information content (AvgIpc) is 3.41. The van der Waals surface area contributed by atoms with E-state index in [4.69, 9.17) is 0 Å². The van der Waals surface area contributed by atoms with Crippen molar-refractivity contribution in [1.29, 1.82) is 0 Å². The molecule has 0 unspecified atom stereocenters. The molecule has 0 atom stereocenters. The van der Waals surface area contributed by atoms with E-state index >= 15 is 0 Å². The van der Waals surface area contributed by atoms with Crippen LogP contribution in [0.4, 0.5) is 34.1 Å². The lowest BCUT2D eigenvalue weighted by Crippen LogP contribution is -2.80. The highest BCUT2D eigenvalue weighted by atomic mass is 28.3. The fourth-order valence-corrected chi connectivity index (χ4v) is 26.8. The molecule has 0 amide bonds. The molecule has 9 aromatic carbocycles. The predicted octanol–water partition coefficient (Wildman–Crippen LogP) is 7.62. The summed E-state index contributed by atoms with van der Waals surface area (Å²) < 4.78 is 0. The van der Waals surface area contributed by atoms with Crippen LogP contribution >= 0.6 is 0 Å². The van der Waals surface area contributed by atoms with E-state index in [1.54, 1.807) is 5.56 Å². The van der Waals surface area contributed by atoms with Crippen LogP contribution in [-0.4, -0.2) is 22.9 Å². The maximum absolute atomic E-state index is 2.88. The van der Waals surface area contributed by atoms with Crippen molar-refractivity contribution < 1.29 is 0 Å². The summed E-state index contributed by atoms with van der Waals surface area (Å²) >= 11 is 0. The quantitative estimate of drug-likeness (QED) is 0.164. The van der Waals surface area contributed by atoms with E-state index < -0.39 is 16.1 Å². The van der Waals surface area contributed by atoms with E-state index in [9.17, 15) is 0 Å². The molecule has 17 rings (SSSR count). The van der Waals surface area contributed by atoms with Crippen LogP contribution in [0.1, 0.15) is 44.1 Å². The molecular weight excluding hydrogens is 864 g/mol. The van der Waals surface area contributed by atoms with Crippen molar-refractivity contribution in [2.24, 2.45) is 17.8 Å². The van der Waals surface area contributed by atoms with Gasteiger partial charge in [-0.15, -0.1) is 0 Å². The smallest absolute Gasteiger partial charge is 0.252 e. The minimum Gasteiger partial charge on any atom is -0.312 e. The second-order valence-electron chi connectivity index (χ2n) is 21.7. The molecule has 5 heteroatoms. The summed E-state index contributed by atoms with van der Waals surface area (Å²) in [5, 5.41) is 11.7. The Hall–Kier alpha value is -6.92. The molecule has 4 heterocycles. The number of para-hydroxylation sites is 4. The molecule has 0 radical (unpaired) electrons. The first kappa shape index (κ1) is 39.0. The molecule has 328 valence electrons. The largest absolute Gasteiger partial charge is 0.312 e. The molecule has 8 aliphatic rings. The summed E-state index contributed by atoms with van der Waals surface area (Å²) in [5.74, 6) is 2.53. The summed E-state index contributed by atoms with van der Waals surface area (Å²) in [4.78, 5) is 5.60. The van der Waals surface area contributed by atoms with Crippen LogP contribution in [0.3, 0.4) is 0 Å². The van der Waals surface area contributed by atoms with E-state index in [0.29, 0.717) is 0 Å². The van der Waals surface area contributed by atoms with Crippen molar-refractivity contribution in [3.05, 3.63) is 224 Å². The van der Waals surface area contributed by atoms with Crippen LogP contribution < -0.4 is 67.7 Å². The summed E-state index contributed by atoms with van der Waals surface area (Å²) in [6.45, 7) is 0.0461. The van der Waals surface area contributed by atoms with Crippen molar-refractivity contribution in [2.75, 3.05) is 9.80 Å². The van der Waals surface area contributed by atoms with Gasteiger partial charge in [0.15, 0.2) is 16.1 Å². The number of hydrogen-bond donors (Lipinski definition) is 0. The second-order valence-corrected chi connectivity index (χ2v) is 29.2. The fraction of sp³-hybridized carbons (Fsp3) is 0.156. The van der Waals surface area contributed by atoms with Crippen LogP contribution in [-0.2, 0) is 5.41 Å². The van der Waals surface area contributed by atoms with Crippen molar-refractivity contribution in [3.63, 3.8) is 0 Å². The van der Waals surface area contributed by atoms with Crippen LogP contribution in [0.5, 0.6) is 0 Å². The third kappa shape index (κ3) is 4.92. The molecule has 69 heavy (non-hydrogen) atoms. The number of benzene rings is 9. The molecule has 2 nitrogen and oxygen atoms in total. The molecule has 0 spiro atoms. The summed E-state index contributed by atoms with van der Waals surface area (Å²) in [7, 11) is -5.75. The molecule has 0 N–H and O–H groups in total. The van der Waals surface area contributed by atoms with Gasteiger partial charge in [-0.25, -0.2) is 0 Å². The summed E-state index contributed by atoms with van der Waals surface area (Å²) in [6.07, 6.45) is 8.28. The molecule has 4 saturated carbocycles. The first-order valence-electron chi connectivity index (χ1n) is 25.6. The summed E-state index contributed by atoms with van der Waals surface area (Å²) in [5.41, 5.74) is 14.4. The lowest BCUT2D eigenvalue weighted by Gasteiger charge is -2.58. The molecule has 9 aromatic rings. The first-order chi connectivity index (χ1) is 34.2. The number of anilines is 6. The minimum atomic E-state index is -2.88. The number of hydrogen-bond acceptors (Lipinski definition) is 2. The first-order valence-corrected chi connectivity index (χ1v) is 29.6. The Morgan fingerprint density at radius 1 is 0.362 bits per heavy atom. The molecule has 4 aliphatic heterocycles. The van der Waals surface area contributed by atoms with E-state index in [-0.39, 0.29) is 12.1 Å². The Morgan fingerprint density at radius 3 is 1.10 bits per heavy atom. The maximum atomic E-state index is 2.80. The standard InChI is InChI=1S/C64H51BN2Si2/c1-5-19-47(20-6-1)68(48-21-7-2-8-22-48)57-31-15-13-29-53(57)66-55-38-46(64-40-43-35-44(41-64)37-45(36-43)42-64)39-56-61(55)65(51-27-17-33-59(68)62(51)66)52-28-18-34-60-63(52)67(56)54-30-14-16-32-58(54)69(60,49-23-9-3-10-24-49)50-25-11-4-12-26-50/h1-34,38-39,43-45H,35-37,40-42H2. The number of fused-ring (bicyclic) bond motifs is 8. The topological polar surface area (TPSA) is 6.48 Å². The van der Waals surface area contributed by atoms with E-state index in [0.717, 1.165) is 17.8 Å².